The molecule has 0 amide bonds. The van der Waals surface area contributed by atoms with E-state index in [1.807, 2.05) is 22.9 Å². The van der Waals surface area contributed by atoms with E-state index in [-0.39, 0.29) is 0 Å². The van der Waals surface area contributed by atoms with Crippen LogP contribution in [0, 0.1) is 0 Å². The summed E-state index contributed by atoms with van der Waals surface area (Å²) in [5.41, 5.74) is 1.22. The second-order valence-corrected chi connectivity index (χ2v) is 9.14. The van der Waals surface area contributed by atoms with Gasteiger partial charge in [0.1, 0.15) is 0 Å². The molecule has 1 aliphatic heterocycles. The van der Waals surface area contributed by atoms with Gasteiger partial charge in [0.05, 0.1) is 19.2 Å². The second kappa shape index (κ2) is 11.1. The van der Waals surface area contributed by atoms with Crippen molar-refractivity contribution >= 4 is 38.8 Å². The van der Waals surface area contributed by atoms with Gasteiger partial charge in [0.15, 0.2) is 11.5 Å². The lowest BCUT2D eigenvalue weighted by atomic mass is 10.1. The Balaban J connectivity index is 1.60. The minimum atomic E-state index is 0.767. The van der Waals surface area contributed by atoms with Crippen LogP contribution >= 0.6 is 33.8 Å². The van der Waals surface area contributed by atoms with Crippen LogP contribution in [0.5, 0.6) is 11.5 Å². The Morgan fingerprint density at radius 1 is 1.25 bits per heavy atom. The molecule has 1 unspecified atom stereocenters. The summed E-state index contributed by atoms with van der Waals surface area (Å²) >= 11 is 5.44. The van der Waals surface area contributed by atoms with Gasteiger partial charge in [0, 0.05) is 17.5 Å². The first kappa shape index (κ1) is 19.7. The Morgan fingerprint density at radius 2 is 2.08 bits per heavy atom. The van der Waals surface area contributed by atoms with Gasteiger partial charge >= 0.3 is 0 Å². The van der Waals surface area contributed by atoms with E-state index in [9.17, 15) is 0 Å². The molecule has 1 saturated heterocycles. The first-order valence-corrected chi connectivity index (χ1v) is 11.3. The number of hydrogen-bond acceptors (Lipinski definition) is 5. The molecule has 1 heterocycles. The number of thiocarbonyl (C=S) groups is 1. The van der Waals surface area contributed by atoms with Crippen LogP contribution < -0.4 is 14.8 Å². The molecule has 0 radical (unpaired) electrons. The number of methoxy groups -OCH3 is 2. The molecule has 1 N–H and O–H groups in total. The molecule has 1 aromatic carbocycles. The molecule has 2 rings (SSSR count). The summed E-state index contributed by atoms with van der Waals surface area (Å²) in [4.78, 5) is 0.990. The van der Waals surface area contributed by atoms with Gasteiger partial charge in [-0.05, 0) is 49.8 Å². The normalized spacial score (nSPS) is 16.8. The van der Waals surface area contributed by atoms with Crippen LogP contribution in [0.2, 0.25) is 0 Å². The van der Waals surface area contributed by atoms with Crippen molar-refractivity contribution in [3.8, 4) is 11.5 Å². The minimum Gasteiger partial charge on any atom is -0.493 e. The molecule has 0 saturated carbocycles. The van der Waals surface area contributed by atoms with Gasteiger partial charge in [-0.1, -0.05) is 46.3 Å². The van der Waals surface area contributed by atoms with E-state index in [0.29, 0.717) is 0 Å². The van der Waals surface area contributed by atoms with Gasteiger partial charge in [-0.15, -0.1) is 0 Å². The third-order valence-corrected chi connectivity index (χ3v) is 7.45. The zero-order valence-corrected chi connectivity index (χ0v) is 17.0. The molecular formula is C18H27NO2S3. The highest BCUT2D eigenvalue weighted by molar-refractivity contribution is 8.77. The molecule has 0 aromatic heterocycles. The Hall–Kier alpha value is -0.590. The Morgan fingerprint density at radius 3 is 2.79 bits per heavy atom. The first-order chi connectivity index (χ1) is 11.7. The first-order valence-electron chi connectivity index (χ1n) is 8.49. The number of ether oxygens (including phenoxy) is 2. The van der Waals surface area contributed by atoms with Crippen LogP contribution in [0.15, 0.2) is 18.2 Å². The second-order valence-electron chi connectivity index (χ2n) is 5.86. The van der Waals surface area contributed by atoms with Crippen LogP contribution in [-0.4, -0.2) is 36.8 Å². The number of benzene rings is 1. The standard InChI is InChI=1S/C18H27NO2S3/c1-20-16-8-7-14(13-17(16)21-2)9-11-19-18(22)6-4-3-5-15-10-12-23-24-15/h7-8,13,15H,3-6,9-12H2,1-2H3,(H,19,22). The van der Waals surface area contributed by atoms with Crippen molar-refractivity contribution in [3.05, 3.63) is 23.8 Å². The molecular weight excluding hydrogens is 358 g/mol. The van der Waals surface area contributed by atoms with Crippen molar-refractivity contribution in [2.45, 2.75) is 43.8 Å². The van der Waals surface area contributed by atoms with E-state index in [1.54, 1.807) is 14.2 Å². The van der Waals surface area contributed by atoms with Crippen molar-refractivity contribution in [3.63, 3.8) is 0 Å². The highest BCUT2D eigenvalue weighted by atomic mass is 33.1. The highest BCUT2D eigenvalue weighted by Crippen LogP contribution is 2.39. The average Bonchev–Trinajstić information content (AvgIpc) is 3.12. The monoisotopic (exact) mass is 385 g/mol. The van der Waals surface area contributed by atoms with E-state index in [1.165, 1.54) is 37.0 Å². The molecule has 0 bridgehead atoms. The quantitative estimate of drug-likeness (QED) is 0.351. The molecule has 1 fully saturated rings. The summed E-state index contributed by atoms with van der Waals surface area (Å²) in [5.74, 6) is 2.87. The van der Waals surface area contributed by atoms with E-state index in [2.05, 4.69) is 22.2 Å². The van der Waals surface area contributed by atoms with Crippen LogP contribution in [0.4, 0.5) is 0 Å². The van der Waals surface area contributed by atoms with Gasteiger partial charge < -0.3 is 14.8 Å². The topological polar surface area (TPSA) is 30.5 Å². The van der Waals surface area contributed by atoms with Crippen molar-refractivity contribution < 1.29 is 9.47 Å². The summed E-state index contributed by atoms with van der Waals surface area (Å²) in [6, 6.07) is 6.05. The molecule has 24 heavy (non-hydrogen) atoms. The van der Waals surface area contributed by atoms with Gasteiger partial charge in [-0.2, -0.15) is 0 Å². The predicted molar refractivity (Wildman–Crippen MR) is 111 cm³/mol. The smallest absolute Gasteiger partial charge is 0.160 e. The molecule has 6 heteroatoms. The van der Waals surface area contributed by atoms with Gasteiger partial charge in [-0.25, -0.2) is 0 Å². The van der Waals surface area contributed by atoms with Crippen LogP contribution in [0.25, 0.3) is 0 Å². The van der Waals surface area contributed by atoms with Crippen molar-refractivity contribution in [2.24, 2.45) is 0 Å². The number of nitrogens with one attached hydrogen (secondary N) is 1. The fourth-order valence-electron chi connectivity index (χ4n) is 2.69. The molecule has 3 nitrogen and oxygen atoms in total. The summed E-state index contributed by atoms with van der Waals surface area (Å²) in [6.45, 7) is 0.865. The maximum Gasteiger partial charge on any atom is 0.160 e. The molecule has 1 aromatic rings. The van der Waals surface area contributed by atoms with Crippen molar-refractivity contribution in [2.75, 3.05) is 26.5 Å². The fourth-order valence-corrected chi connectivity index (χ4v) is 5.97. The minimum absolute atomic E-state index is 0.767. The van der Waals surface area contributed by atoms with E-state index in [0.717, 1.165) is 41.1 Å². The SMILES string of the molecule is COc1ccc(CCNC(=S)CCCCC2CCSS2)cc1OC. The van der Waals surface area contributed by atoms with Gasteiger partial charge in [0.25, 0.3) is 0 Å². The van der Waals surface area contributed by atoms with Crippen LogP contribution in [-0.2, 0) is 6.42 Å². The summed E-state index contributed by atoms with van der Waals surface area (Å²) < 4.78 is 10.6. The number of rotatable bonds is 10. The lowest BCUT2D eigenvalue weighted by Crippen LogP contribution is -2.23. The highest BCUT2D eigenvalue weighted by Gasteiger charge is 2.15. The maximum absolute atomic E-state index is 5.44. The molecule has 0 spiro atoms. The molecule has 1 aliphatic rings. The summed E-state index contributed by atoms with van der Waals surface area (Å²) in [6.07, 6.45) is 7.14. The molecule has 0 aliphatic carbocycles. The zero-order valence-electron chi connectivity index (χ0n) is 14.5. The van der Waals surface area contributed by atoms with Crippen molar-refractivity contribution in [1.82, 2.24) is 5.32 Å². The number of hydrogen-bond donors (Lipinski definition) is 1. The Labute approximate surface area is 159 Å². The molecule has 1 atom stereocenters. The Kier molecular flexibility index (Phi) is 9.13. The summed E-state index contributed by atoms with van der Waals surface area (Å²) in [5, 5.41) is 4.25. The van der Waals surface area contributed by atoms with E-state index >= 15 is 0 Å². The third-order valence-electron chi connectivity index (χ3n) is 4.09. The largest absolute Gasteiger partial charge is 0.493 e. The maximum atomic E-state index is 5.44. The summed E-state index contributed by atoms with van der Waals surface area (Å²) in [7, 11) is 7.41. The lowest BCUT2D eigenvalue weighted by molar-refractivity contribution is 0.354. The van der Waals surface area contributed by atoms with Gasteiger partial charge in [-0.3, -0.25) is 0 Å². The van der Waals surface area contributed by atoms with E-state index < -0.39 is 0 Å². The zero-order chi connectivity index (χ0) is 17.2. The van der Waals surface area contributed by atoms with E-state index in [4.69, 9.17) is 21.7 Å². The van der Waals surface area contributed by atoms with Gasteiger partial charge in [0.2, 0.25) is 0 Å². The van der Waals surface area contributed by atoms with Crippen LogP contribution in [0.1, 0.15) is 37.7 Å². The number of unbranched alkanes of at least 4 members (excludes halogenated alkanes) is 1. The van der Waals surface area contributed by atoms with Crippen LogP contribution in [0.3, 0.4) is 0 Å². The Bertz CT molecular complexity index is 519. The molecule has 134 valence electrons. The average molecular weight is 386 g/mol. The lowest BCUT2D eigenvalue weighted by Gasteiger charge is -2.11. The fraction of sp³-hybridized carbons (Fsp3) is 0.611. The third kappa shape index (κ3) is 6.73. The van der Waals surface area contributed by atoms with Crippen molar-refractivity contribution in [1.29, 1.82) is 0 Å². The predicted octanol–water partition coefficient (Wildman–Crippen LogP) is 4.88.